The molecule has 3 nitrogen and oxygen atoms in total. The fraction of sp³-hybridized carbons (Fsp3) is 0.571. The van der Waals surface area contributed by atoms with Gasteiger partial charge in [-0.25, -0.2) is 0 Å². The molecule has 2 unspecified atom stereocenters. The van der Waals surface area contributed by atoms with E-state index in [1.165, 1.54) is 5.56 Å². The van der Waals surface area contributed by atoms with E-state index in [4.69, 9.17) is 4.74 Å². The monoisotopic (exact) mass is 235 g/mol. The van der Waals surface area contributed by atoms with Gasteiger partial charge in [-0.2, -0.15) is 0 Å². The maximum absolute atomic E-state index is 9.71. The van der Waals surface area contributed by atoms with Crippen molar-refractivity contribution in [3.8, 4) is 5.75 Å². The van der Waals surface area contributed by atoms with Gasteiger partial charge in [0.25, 0.3) is 0 Å². The first-order chi connectivity index (χ1) is 8.08. The fourth-order valence-corrected chi connectivity index (χ4v) is 2.40. The summed E-state index contributed by atoms with van der Waals surface area (Å²) in [5, 5.41) is 13.2. The normalized spacial score (nSPS) is 24.2. The molecule has 0 saturated carbocycles. The number of phenols is 1. The SMILES string of the molecule is Cc1cc(CNC2CCOC2C)cc(C)c1O. The van der Waals surface area contributed by atoms with E-state index in [1.807, 2.05) is 26.0 Å². The third-order valence-electron chi connectivity index (χ3n) is 3.50. The highest BCUT2D eigenvalue weighted by Gasteiger charge is 2.23. The Morgan fingerprint density at radius 2 is 2.00 bits per heavy atom. The molecule has 2 atom stereocenters. The predicted molar refractivity (Wildman–Crippen MR) is 68.2 cm³/mol. The Kier molecular flexibility index (Phi) is 3.69. The van der Waals surface area contributed by atoms with Crippen molar-refractivity contribution in [3.05, 3.63) is 28.8 Å². The van der Waals surface area contributed by atoms with Gasteiger partial charge < -0.3 is 15.2 Å². The molecule has 1 aromatic carbocycles. The molecule has 0 aliphatic carbocycles. The molecule has 17 heavy (non-hydrogen) atoms. The second-order valence-electron chi connectivity index (χ2n) is 4.93. The van der Waals surface area contributed by atoms with Crippen molar-refractivity contribution >= 4 is 0 Å². The van der Waals surface area contributed by atoms with E-state index in [2.05, 4.69) is 12.2 Å². The average Bonchev–Trinajstić information content (AvgIpc) is 2.69. The molecule has 1 aliphatic rings. The van der Waals surface area contributed by atoms with Crippen molar-refractivity contribution in [1.82, 2.24) is 5.32 Å². The van der Waals surface area contributed by atoms with Crippen molar-refractivity contribution in [2.45, 2.75) is 45.9 Å². The summed E-state index contributed by atoms with van der Waals surface area (Å²) in [7, 11) is 0. The largest absolute Gasteiger partial charge is 0.507 e. The van der Waals surface area contributed by atoms with E-state index in [9.17, 15) is 5.11 Å². The van der Waals surface area contributed by atoms with Gasteiger partial charge in [0.05, 0.1) is 6.10 Å². The van der Waals surface area contributed by atoms with E-state index < -0.39 is 0 Å². The summed E-state index contributed by atoms with van der Waals surface area (Å²) in [6.07, 6.45) is 1.38. The number of hydrogen-bond donors (Lipinski definition) is 2. The van der Waals surface area contributed by atoms with Crippen LogP contribution >= 0.6 is 0 Å². The standard InChI is InChI=1S/C14H21NO2/c1-9-6-12(7-10(2)14(9)16)8-15-13-4-5-17-11(13)3/h6-7,11,13,15-16H,4-5,8H2,1-3H3. The number of hydrogen-bond acceptors (Lipinski definition) is 3. The predicted octanol–water partition coefficient (Wildman–Crippen LogP) is 2.28. The van der Waals surface area contributed by atoms with Crippen LogP contribution in [0.3, 0.4) is 0 Å². The third kappa shape index (κ3) is 2.79. The molecule has 1 fully saturated rings. The van der Waals surface area contributed by atoms with Crippen LogP contribution in [-0.4, -0.2) is 23.9 Å². The number of aromatic hydroxyl groups is 1. The maximum Gasteiger partial charge on any atom is 0.121 e. The number of benzene rings is 1. The number of rotatable bonds is 3. The minimum absolute atomic E-state index is 0.300. The molecule has 2 rings (SSSR count). The first kappa shape index (κ1) is 12.4. The summed E-state index contributed by atoms with van der Waals surface area (Å²) in [4.78, 5) is 0. The molecule has 1 saturated heterocycles. The fourth-order valence-electron chi connectivity index (χ4n) is 2.40. The minimum Gasteiger partial charge on any atom is -0.507 e. The molecular weight excluding hydrogens is 214 g/mol. The van der Waals surface area contributed by atoms with Crippen LogP contribution in [0.4, 0.5) is 0 Å². The van der Waals surface area contributed by atoms with Crippen LogP contribution in [-0.2, 0) is 11.3 Å². The van der Waals surface area contributed by atoms with Crippen LogP contribution in [0.2, 0.25) is 0 Å². The summed E-state index contributed by atoms with van der Waals surface area (Å²) < 4.78 is 5.52. The molecule has 1 aromatic rings. The van der Waals surface area contributed by atoms with E-state index >= 15 is 0 Å². The van der Waals surface area contributed by atoms with Gasteiger partial charge in [-0.3, -0.25) is 0 Å². The summed E-state index contributed by atoms with van der Waals surface area (Å²) >= 11 is 0. The number of phenolic OH excluding ortho intramolecular Hbond substituents is 1. The molecule has 94 valence electrons. The van der Waals surface area contributed by atoms with Crippen LogP contribution in [0.5, 0.6) is 5.75 Å². The van der Waals surface area contributed by atoms with E-state index in [0.29, 0.717) is 17.9 Å². The lowest BCUT2D eigenvalue weighted by Gasteiger charge is -2.16. The van der Waals surface area contributed by atoms with E-state index in [0.717, 1.165) is 30.7 Å². The van der Waals surface area contributed by atoms with E-state index in [1.54, 1.807) is 0 Å². The van der Waals surface area contributed by atoms with Crippen molar-refractivity contribution in [3.63, 3.8) is 0 Å². The van der Waals surface area contributed by atoms with Crippen LogP contribution in [0.15, 0.2) is 12.1 Å². The zero-order chi connectivity index (χ0) is 12.4. The zero-order valence-corrected chi connectivity index (χ0v) is 10.8. The Labute approximate surface area is 103 Å². The van der Waals surface area contributed by atoms with Crippen LogP contribution in [0, 0.1) is 13.8 Å². The Morgan fingerprint density at radius 1 is 1.35 bits per heavy atom. The number of aryl methyl sites for hydroxylation is 2. The molecule has 0 spiro atoms. The van der Waals surface area contributed by atoms with Gasteiger partial charge in [0, 0.05) is 19.2 Å². The van der Waals surface area contributed by atoms with Gasteiger partial charge in [-0.05, 0) is 43.9 Å². The third-order valence-corrected chi connectivity index (χ3v) is 3.50. The highest BCUT2D eigenvalue weighted by molar-refractivity contribution is 5.42. The van der Waals surface area contributed by atoms with Crippen molar-refractivity contribution in [2.75, 3.05) is 6.61 Å². The lowest BCUT2D eigenvalue weighted by atomic mass is 10.0. The summed E-state index contributed by atoms with van der Waals surface area (Å²) in [6, 6.07) is 4.52. The second kappa shape index (κ2) is 5.07. The maximum atomic E-state index is 9.71. The molecule has 0 bridgehead atoms. The van der Waals surface area contributed by atoms with Crippen molar-refractivity contribution in [1.29, 1.82) is 0 Å². The molecule has 1 aliphatic heterocycles. The van der Waals surface area contributed by atoms with Gasteiger partial charge in [0.2, 0.25) is 0 Å². The van der Waals surface area contributed by atoms with Gasteiger partial charge in [0.1, 0.15) is 5.75 Å². The smallest absolute Gasteiger partial charge is 0.121 e. The highest BCUT2D eigenvalue weighted by Crippen LogP contribution is 2.23. The Morgan fingerprint density at radius 3 is 2.53 bits per heavy atom. The zero-order valence-electron chi connectivity index (χ0n) is 10.8. The van der Waals surface area contributed by atoms with Gasteiger partial charge >= 0.3 is 0 Å². The van der Waals surface area contributed by atoms with Crippen molar-refractivity contribution < 1.29 is 9.84 Å². The van der Waals surface area contributed by atoms with Crippen LogP contribution < -0.4 is 5.32 Å². The Bertz CT molecular complexity index is 380. The Balaban J connectivity index is 1.99. The first-order valence-electron chi connectivity index (χ1n) is 6.22. The Hall–Kier alpha value is -1.06. The summed E-state index contributed by atoms with van der Waals surface area (Å²) in [6.45, 7) is 7.67. The lowest BCUT2D eigenvalue weighted by Crippen LogP contribution is -2.34. The molecule has 3 heteroatoms. The van der Waals surface area contributed by atoms with Crippen LogP contribution in [0.1, 0.15) is 30.0 Å². The van der Waals surface area contributed by atoms with E-state index in [-0.39, 0.29) is 0 Å². The summed E-state index contributed by atoms with van der Waals surface area (Å²) in [5.41, 5.74) is 3.10. The summed E-state index contributed by atoms with van der Waals surface area (Å²) in [5.74, 6) is 0.409. The highest BCUT2D eigenvalue weighted by atomic mass is 16.5. The molecule has 1 heterocycles. The van der Waals surface area contributed by atoms with Crippen LogP contribution in [0.25, 0.3) is 0 Å². The molecule has 0 amide bonds. The molecular formula is C14H21NO2. The van der Waals surface area contributed by atoms with Gasteiger partial charge in [0.15, 0.2) is 0 Å². The minimum atomic E-state index is 0.300. The molecule has 0 aromatic heterocycles. The average molecular weight is 235 g/mol. The lowest BCUT2D eigenvalue weighted by molar-refractivity contribution is 0.113. The topological polar surface area (TPSA) is 41.5 Å². The van der Waals surface area contributed by atoms with Crippen molar-refractivity contribution in [2.24, 2.45) is 0 Å². The van der Waals surface area contributed by atoms with Gasteiger partial charge in [-0.1, -0.05) is 12.1 Å². The van der Waals surface area contributed by atoms with Gasteiger partial charge in [-0.15, -0.1) is 0 Å². The molecule has 2 N–H and O–H groups in total. The first-order valence-corrected chi connectivity index (χ1v) is 6.22. The number of nitrogens with one attached hydrogen (secondary N) is 1. The quantitative estimate of drug-likeness (QED) is 0.844. The molecule has 0 radical (unpaired) electrons. The second-order valence-corrected chi connectivity index (χ2v) is 4.93. The number of ether oxygens (including phenoxy) is 1.